The van der Waals surface area contributed by atoms with Crippen LogP contribution in [0, 0.1) is 20.8 Å². The summed E-state index contributed by atoms with van der Waals surface area (Å²) in [6, 6.07) is 14.8. The zero-order chi connectivity index (χ0) is 18.0. The lowest BCUT2D eigenvalue weighted by Gasteiger charge is -2.12. The highest BCUT2D eigenvalue weighted by Gasteiger charge is 2.15. The van der Waals surface area contributed by atoms with Gasteiger partial charge in [0.25, 0.3) is 5.91 Å². The van der Waals surface area contributed by atoms with Gasteiger partial charge in [0.2, 0.25) is 5.43 Å². The molecule has 0 saturated carbocycles. The van der Waals surface area contributed by atoms with Gasteiger partial charge in [0.15, 0.2) is 5.69 Å². The number of nitrogens with one attached hydrogen (secondary N) is 1. The molecule has 126 valence electrons. The Bertz CT molecular complexity index is 968. The van der Waals surface area contributed by atoms with Crippen molar-refractivity contribution in [3.63, 3.8) is 0 Å². The van der Waals surface area contributed by atoms with Crippen LogP contribution in [-0.2, 0) is 0 Å². The largest absolute Gasteiger partial charge is 0.320 e. The molecule has 1 amide bonds. The molecule has 2 aromatic carbocycles. The summed E-state index contributed by atoms with van der Waals surface area (Å²) in [6.07, 6.45) is 1.56. The number of benzene rings is 2. The van der Waals surface area contributed by atoms with Crippen molar-refractivity contribution in [1.29, 1.82) is 0 Å². The second-order valence-electron chi connectivity index (χ2n) is 6.03. The summed E-state index contributed by atoms with van der Waals surface area (Å²) in [5.74, 6) is -0.510. The number of nitrogens with zero attached hydrogens (tertiary/aromatic N) is 2. The van der Waals surface area contributed by atoms with Gasteiger partial charge in [-0.05, 0) is 44.0 Å². The maximum atomic E-state index is 12.6. The molecule has 0 fully saturated rings. The number of carbonyl (C=O) groups excluding carboxylic acids is 1. The van der Waals surface area contributed by atoms with Crippen molar-refractivity contribution in [2.75, 3.05) is 5.32 Å². The van der Waals surface area contributed by atoms with Crippen molar-refractivity contribution in [2.45, 2.75) is 20.8 Å². The predicted octanol–water partition coefficient (Wildman–Crippen LogP) is 3.41. The van der Waals surface area contributed by atoms with Gasteiger partial charge in [0, 0.05) is 18.0 Å². The van der Waals surface area contributed by atoms with Gasteiger partial charge in [-0.15, -0.1) is 0 Å². The van der Waals surface area contributed by atoms with Gasteiger partial charge < -0.3 is 5.32 Å². The Labute approximate surface area is 145 Å². The molecule has 3 aromatic rings. The molecular weight excluding hydrogens is 314 g/mol. The summed E-state index contributed by atoms with van der Waals surface area (Å²) in [6.45, 7) is 5.81. The molecule has 3 rings (SSSR count). The lowest BCUT2D eigenvalue weighted by molar-refractivity contribution is 0.101. The van der Waals surface area contributed by atoms with E-state index in [0.717, 1.165) is 22.4 Å². The minimum absolute atomic E-state index is 0.134. The highest BCUT2D eigenvalue weighted by atomic mass is 16.2. The van der Waals surface area contributed by atoms with Gasteiger partial charge in [0.1, 0.15) is 0 Å². The highest BCUT2D eigenvalue weighted by Crippen LogP contribution is 2.19. The summed E-state index contributed by atoms with van der Waals surface area (Å²) in [5, 5.41) is 7.03. The summed E-state index contributed by atoms with van der Waals surface area (Å²) in [5.41, 5.74) is 3.94. The molecule has 1 N–H and O–H groups in total. The van der Waals surface area contributed by atoms with Crippen molar-refractivity contribution in [1.82, 2.24) is 9.78 Å². The Balaban J connectivity index is 1.96. The van der Waals surface area contributed by atoms with Crippen molar-refractivity contribution in [3.05, 3.63) is 87.3 Å². The molecule has 1 aromatic heterocycles. The Morgan fingerprint density at radius 3 is 2.24 bits per heavy atom. The maximum absolute atomic E-state index is 12.6. The minimum Gasteiger partial charge on any atom is -0.320 e. The molecule has 5 nitrogen and oxygen atoms in total. The van der Waals surface area contributed by atoms with E-state index in [2.05, 4.69) is 10.4 Å². The second kappa shape index (κ2) is 6.73. The Morgan fingerprint density at radius 1 is 0.960 bits per heavy atom. The molecule has 5 heteroatoms. The standard InChI is InChI=1S/C20H19N3O2/c1-13-7-9-16(10-8-13)23-12-11-17(24)19(22-23)20(25)21-18-14(2)5-4-6-15(18)3/h4-12H,1-3H3,(H,21,25). The SMILES string of the molecule is Cc1ccc(-n2ccc(=O)c(C(=O)Nc3c(C)cccc3C)n2)cc1. The highest BCUT2D eigenvalue weighted by molar-refractivity contribution is 6.03. The number of para-hydroxylation sites is 1. The average molecular weight is 333 g/mol. The van der Waals surface area contributed by atoms with Crippen LogP contribution in [0.4, 0.5) is 5.69 Å². The quantitative estimate of drug-likeness (QED) is 0.799. The van der Waals surface area contributed by atoms with E-state index in [9.17, 15) is 9.59 Å². The topological polar surface area (TPSA) is 64.0 Å². The Kier molecular flexibility index (Phi) is 4.48. The van der Waals surface area contributed by atoms with Crippen LogP contribution in [0.1, 0.15) is 27.2 Å². The molecule has 0 unspecified atom stereocenters. The van der Waals surface area contributed by atoms with E-state index in [-0.39, 0.29) is 5.69 Å². The summed E-state index contributed by atoms with van der Waals surface area (Å²) < 4.78 is 1.53. The molecule has 0 aliphatic heterocycles. The first-order valence-electron chi connectivity index (χ1n) is 8.00. The number of carbonyl (C=O) groups is 1. The molecule has 0 aliphatic rings. The first kappa shape index (κ1) is 16.6. The molecule has 0 saturated heterocycles. The normalized spacial score (nSPS) is 10.5. The molecular formula is C20H19N3O2. The van der Waals surface area contributed by atoms with Crippen LogP contribution in [0.25, 0.3) is 5.69 Å². The van der Waals surface area contributed by atoms with E-state index in [1.807, 2.05) is 63.2 Å². The van der Waals surface area contributed by atoms with Gasteiger partial charge in [0.05, 0.1) is 5.69 Å². The molecule has 0 aliphatic carbocycles. The van der Waals surface area contributed by atoms with Crippen LogP contribution < -0.4 is 10.7 Å². The third-order valence-electron chi connectivity index (χ3n) is 4.04. The van der Waals surface area contributed by atoms with Crippen molar-refractivity contribution in [3.8, 4) is 5.69 Å². The third-order valence-corrected chi connectivity index (χ3v) is 4.04. The van der Waals surface area contributed by atoms with Crippen LogP contribution in [-0.4, -0.2) is 15.7 Å². The second-order valence-corrected chi connectivity index (χ2v) is 6.03. The van der Waals surface area contributed by atoms with Gasteiger partial charge >= 0.3 is 0 Å². The monoisotopic (exact) mass is 333 g/mol. The summed E-state index contributed by atoms with van der Waals surface area (Å²) in [4.78, 5) is 24.7. The first-order chi connectivity index (χ1) is 12.0. The number of aryl methyl sites for hydroxylation is 3. The van der Waals surface area contributed by atoms with E-state index < -0.39 is 11.3 Å². The smallest absolute Gasteiger partial charge is 0.280 e. The number of anilines is 1. The number of hydrogen-bond donors (Lipinski definition) is 1. The zero-order valence-corrected chi connectivity index (χ0v) is 14.4. The van der Waals surface area contributed by atoms with E-state index >= 15 is 0 Å². The number of rotatable bonds is 3. The zero-order valence-electron chi connectivity index (χ0n) is 14.4. The van der Waals surface area contributed by atoms with Gasteiger partial charge in [-0.2, -0.15) is 5.10 Å². The number of hydrogen-bond acceptors (Lipinski definition) is 3. The van der Waals surface area contributed by atoms with E-state index in [4.69, 9.17) is 0 Å². The molecule has 1 heterocycles. The van der Waals surface area contributed by atoms with E-state index in [0.29, 0.717) is 5.69 Å². The fourth-order valence-electron chi connectivity index (χ4n) is 2.59. The fraction of sp³-hybridized carbons (Fsp3) is 0.150. The van der Waals surface area contributed by atoms with Crippen molar-refractivity contribution < 1.29 is 4.79 Å². The Morgan fingerprint density at radius 2 is 1.60 bits per heavy atom. The van der Waals surface area contributed by atoms with Crippen molar-refractivity contribution >= 4 is 11.6 Å². The van der Waals surface area contributed by atoms with Crippen LogP contribution in [0.3, 0.4) is 0 Å². The summed E-state index contributed by atoms with van der Waals surface area (Å²) in [7, 11) is 0. The van der Waals surface area contributed by atoms with Crippen LogP contribution in [0.5, 0.6) is 0 Å². The van der Waals surface area contributed by atoms with Gasteiger partial charge in [-0.25, -0.2) is 4.68 Å². The molecule has 25 heavy (non-hydrogen) atoms. The molecule has 0 radical (unpaired) electrons. The summed E-state index contributed by atoms with van der Waals surface area (Å²) >= 11 is 0. The molecule has 0 spiro atoms. The molecule has 0 atom stereocenters. The Hall–Kier alpha value is -3.21. The van der Waals surface area contributed by atoms with E-state index in [1.54, 1.807) is 6.20 Å². The first-order valence-corrected chi connectivity index (χ1v) is 8.00. The lowest BCUT2D eigenvalue weighted by Crippen LogP contribution is -2.26. The van der Waals surface area contributed by atoms with Crippen LogP contribution in [0.2, 0.25) is 0 Å². The van der Waals surface area contributed by atoms with Crippen LogP contribution >= 0.6 is 0 Å². The van der Waals surface area contributed by atoms with Gasteiger partial charge in [-0.3, -0.25) is 9.59 Å². The minimum atomic E-state index is -0.510. The fourth-order valence-corrected chi connectivity index (χ4v) is 2.59. The van der Waals surface area contributed by atoms with E-state index in [1.165, 1.54) is 10.7 Å². The third kappa shape index (κ3) is 3.50. The van der Waals surface area contributed by atoms with Crippen LogP contribution in [0.15, 0.2) is 59.5 Å². The number of amides is 1. The number of aromatic nitrogens is 2. The average Bonchev–Trinajstić information content (AvgIpc) is 2.59. The van der Waals surface area contributed by atoms with Gasteiger partial charge in [-0.1, -0.05) is 35.9 Å². The van der Waals surface area contributed by atoms with Crippen molar-refractivity contribution in [2.24, 2.45) is 0 Å². The molecule has 0 bridgehead atoms. The predicted molar refractivity (Wildman–Crippen MR) is 98.4 cm³/mol. The lowest BCUT2D eigenvalue weighted by atomic mass is 10.1. The maximum Gasteiger partial charge on any atom is 0.280 e.